The normalized spacial score (nSPS) is 19.8. The zero-order valence-corrected chi connectivity index (χ0v) is 23.6. The summed E-state index contributed by atoms with van der Waals surface area (Å²) in [6, 6.07) is 19.4. The van der Waals surface area contributed by atoms with E-state index in [9.17, 15) is 14.3 Å². The number of aromatic hydroxyl groups is 1. The third kappa shape index (κ3) is 5.82. The van der Waals surface area contributed by atoms with Gasteiger partial charge in [0.15, 0.2) is 0 Å². The Bertz CT molecular complexity index is 1560. The number of benzene rings is 2. The number of piperazine rings is 1. The molecule has 2 aromatic carbocycles. The van der Waals surface area contributed by atoms with Gasteiger partial charge < -0.3 is 24.7 Å². The molecule has 42 heavy (non-hydrogen) atoms. The van der Waals surface area contributed by atoms with Gasteiger partial charge in [0.1, 0.15) is 18.5 Å². The first kappa shape index (κ1) is 27.8. The Morgan fingerprint density at radius 3 is 2.57 bits per heavy atom. The Balaban J connectivity index is 1.14. The molecule has 2 aliphatic heterocycles. The molecule has 0 unspecified atom stereocenters. The number of hydrogen-bond acceptors (Lipinski definition) is 7. The molecule has 0 spiro atoms. The monoisotopic (exact) mass is 574 g/mol. The van der Waals surface area contributed by atoms with Crippen LogP contribution in [0.2, 0.25) is 0 Å². The van der Waals surface area contributed by atoms with Crippen LogP contribution in [0.25, 0.3) is 22.2 Å². The molecule has 4 heterocycles. The van der Waals surface area contributed by atoms with Crippen LogP contribution in [0.1, 0.15) is 12.0 Å². The SMILES string of the molecule is Cn1nc(-c2ccc(O)nc2OCc2ccccc2)c2ccc(N3CCN(C[C@@H]4CCN(C(=O)O)C[C@H]4F)CC3)cc21. The number of rotatable bonds is 7. The smallest absolute Gasteiger partial charge is 0.407 e. The number of pyridine rings is 1. The van der Waals surface area contributed by atoms with Gasteiger partial charge in [-0.2, -0.15) is 10.1 Å². The molecule has 2 aliphatic rings. The standard InChI is InChI=1S/C31H35FN6O4/c1-35-27-17-23(37-15-13-36(14-16-37)18-22-11-12-38(31(40)41)19-26(22)32)7-8-24(27)29(34-35)25-9-10-28(39)33-30(25)42-20-21-5-3-2-4-6-21/h2-10,17,22,26H,11-16,18-20H2,1H3,(H,33,39)(H,40,41)/t22-,26+/m0/s1. The van der Waals surface area contributed by atoms with Crippen molar-refractivity contribution in [1.29, 1.82) is 0 Å². The van der Waals surface area contributed by atoms with Gasteiger partial charge in [-0.05, 0) is 36.2 Å². The van der Waals surface area contributed by atoms with Crippen molar-refractivity contribution in [3.63, 3.8) is 0 Å². The van der Waals surface area contributed by atoms with Gasteiger partial charge in [-0.3, -0.25) is 9.58 Å². The first-order valence-electron chi connectivity index (χ1n) is 14.3. The molecule has 2 fully saturated rings. The largest absolute Gasteiger partial charge is 0.493 e. The fourth-order valence-electron chi connectivity index (χ4n) is 5.94. The lowest BCUT2D eigenvalue weighted by molar-refractivity contribution is 0.0574. The first-order chi connectivity index (χ1) is 20.4. The topological polar surface area (TPSA) is 107 Å². The minimum absolute atomic E-state index is 0.0342. The van der Waals surface area contributed by atoms with E-state index < -0.39 is 12.3 Å². The molecule has 1 amide bonds. The maximum absolute atomic E-state index is 14.7. The number of alkyl halides is 1. The Kier molecular flexibility index (Phi) is 7.84. The molecule has 0 aliphatic carbocycles. The van der Waals surface area contributed by atoms with E-state index in [2.05, 4.69) is 33.0 Å². The maximum atomic E-state index is 14.7. The average Bonchev–Trinajstić information content (AvgIpc) is 3.33. The van der Waals surface area contributed by atoms with E-state index in [-0.39, 0.29) is 18.3 Å². The summed E-state index contributed by atoms with van der Waals surface area (Å²) in [5.41, 5.74) is 4.50. The Hall–Kier alpha value is -4.38. The van der Waals surface area contributed by atoms with Crippen LogP contribution in [0.5, 0.6) is 11.8 Å². The molecule has 0 saturated carbocycles. The molecular formula is C31H35FN6O4. The number of likely N-dealkylation sites (tertiary alicyclic amines) is 1. The zero-order valence-electron chi connectivity index (χ0n) is 23.6. The highest BCUT2D eigenvalue weighted by Gasteiger charge is 2.33. The van der Waals surface area contributed by atoms with E-state index in [0.717, 1.165) is 54.0 Å². The highest BCUT2D eigenvalue weighted by atomic mass is 19.1. The van der Waals surface area contributed by atoms with E-state index in [0.29, 0.717) is 37.6 Å². The fourth-order valence-corrected chi connectivity index (χ4v) is 5.94. The number of carbonyl (C=O) groups is 1. The summed E-state index contributed by atoms with van der Waals surface area (Å²) in [7, 11) is 1.91. The number of hydrogen-bond donors (Lipinski definition) is 2. The van der Waals surface area contributed by atoms with Crippen LogP contribution in [0.4, 0.5) is 14.9 Å². The number of halogens is 1. The van der Waals surface area contributed by atoms with Crippen molar-refractivity contribution in [2.24, 2.45) is 13.0 Å². The van der Waals surface area contributed by atoms with Crippen molar-refractivity contribution in [1.82, 2.24) is 24.6 Å². The van der Waals surface area contributed by atoms with Crippen molar-refractivity contribution in [2.45, 2.75) is 19.2 Å². The summed E-state index contributed by atoms with van der Waals surface area (Å²) in [4.78, 5) is 21.2. The molecule has 10 nitrogen and oxygen atoms in total. The van der Waals surface area contributed by atoms with Crippen molar-refractivity contribution >= 4 is 22.7 Å². The highest BCUT2D eigenvalue weighted by Crippen LogP contribution is 2.36. The highest BCUT2D eigenvalue weighted by molar-refractivity contribution is 5.96. The second kappa shape index (κ2) is 11.8. The van der Waals surface area contributed by atoms with Crippen molar-refractivity contribution < 1.29 is 24.1 Å². The second-order valence-electron chi connectivity index (χ2n) is 11.1. The lowest BCUT2D eigenvalue weighted by Gasteiger charge is -2.40. The molecule has 2 aromatic heterocycles. The van der Waals surface area contributed by atoms with E-state index >= 15 is 0 Å². The van der Waals surface area contributed by atoms with Crippen LogP contribution in [0.15, 0.2) is 60.7 Å². The lowest BCUT2D eigenvalue weighted by atomic mass is 9.94. The van der Waals surface area contributed by atoms with E-state index in [1.165, 1.54) is 4.90 Å². The molecule has 2 saturated heterocycles. The number of carboxylic acid groups (broad SMARTS) is 1. The molecular weight excluding hydrogens is 539 g/mol. The molecule has 6 rings (SSSR count). The van der Waals surface area contributed by atoms with Crippen LogP contribution in [-0.4, -0.2) is 92.9 Å². The number of anilines is 1. The Labute approximate surface area is 243 Å². The molecule has 0 radical (unpaired) electrons. The minimum atomic E-state index is -1.12. The van der Waals surface area contributed by atoms with Gasteiger partial charge in [0.2, 0.25) is 11.8 Å². The van der Waals surface area contributed by atoms with Crippen LogP contribution < -0.4 is 9.64 Å². The summed E-state index contributed by atoms with van der Waals surface area (Å²) in [5, 5.41) is 25.0. The molecule has 11 heteroatoms. The molecule has 4 aromatic rings. The molecule has 2 atom stereocenters. The molecule has 0 bridgehead atoms. The fraction of sp³-hybridized carbons (Fsp3) is 0.387. The van der Waals surface area contributed by atoms with Crippen LogP contribution in [-0.2, 0) is 13.7 Å². The number of fused-ring (bicyclic) bond motifs is 1. The third-order valence-corrected chi connectivity index (χ3v) is 8.33. The van der Waals surface area contributed by atoms with E-state index in [1.807, 2.05) is 42.1 Å². The van der Waals surface area contributed by atoms with Crippen LogP contribution in [0, 0.1) is 5.92 Å². The van der Waals surface area contributed by atoms with Crippen molar-refractivity contribution in [2.75, 3.05) is 50.7 Å². The number of amides is 1. The quantitative estimate of drug-likeness (QED) is 0.335. The third-order valence-electron chi connectivity index (χ3n) is 8.33. The van der Waals surface area contributed by atoms with E-state index in [4.69, 9.17) is 14.9 Å². The van der Waals surface area contributed by atoms with Crippen molar-refractivity contribution in [3.05, 3.63) is 66.2 Å². The summed E-state index contributed by atoms with van der Waals surface area (Å²) < 4.78 is 22.5. The van der Waals surface area contributed by atoms with E-state index in [1.54, 1.807) is 12.1 Å². The van der Waals surface area contributed by atoms with Gasteiger partial charge in [-0.15, -0.1) is 0 Å². The number of aromatic nitrogens is 3. The predicted octanol–water partition coefficient (Wildman–Crippen LogP) is 4.38. The summed E-state index contributed by atoms with van der Waals surface area (Å²) in [6.45, 7) is 4.62. The number of aryl methyl sites for hydroxylation is 1. The van der Waals surface area contributed by atoms with Gasteiger partial charge in [-0.1, -0.05) is 30.3 Å². The van der Waals surface area contributed by atoms with Gasteiger partial charge in [-0.25, -0.2) is 9.18 Å². The van der Waals surface area contributed by atoms with Gasteiger partial charge in [0, 0.05) is 69.4 Å². The Morgan fingerprint density at radius 1 is 1.05 bits per heavy atom. The number of ether oxygens (including phenoxy) is 1. The van der Waals surface area contributed by atoms with Gasteiger partial charge >= 0.3 is 6.09 Å². The maximum Gasteiger partial charge on any atom is 0.407 e. The minimum Gasteiger partial charge on any atom is -0.493 e. The predicted molar refractivity (Wildman–Crippen MR) is 158 cm³/mol. The zero-order chi connectivity index (χ0) is 29.2. The lowest BCUT2D eigenvalue weighted by Crippen LogP contribution is -2.51. The summed E-state index contributed by atoms with van der Waals surface area (Å²) in [5.74, 6) is 0.0757. The van der Waals surface area contributed by atoms with Crippen LogP contribution >= 0.6 is 0 Å². The molecule has 220 valence electrons. The average molecular weight is 575 g/mol. The number of piperidine rings is 1. The second-order valence-corrected chi connectivity index (χ2v) is 11.1. The summed E-state index contributed by atoms with van der Waals surface area (Å²) in [6.07, 6.45) is -1.61. The van der Waals surface area contributed by atoms with Gasteiger partial charge in [0.25, 0.3) is 0 Å². The van der Waals surface area contributed by atoms with Crippen LogP contribution in [0.3, 0.4) is 0 Å². The first-order valence-corrected chi connectivity index (χ1v) is 14.3. The summed E-state index contributed by atoms with van der Waals surface area (Å²) >= 11 is 0. The number of nitrogens with zero attached hydrogens (tertiary/aromatic N) is 6. The van der Waals surface area contributed by atoms with Crippen molar-refractivity contribution in [3.8, 4) is 23.0 Å². The molecule has 2 N–H and O–H groups in total. The van der Waals surface area contributed by atoms with Gasteiger partial charge in [0.05, 0.1) is 17.6 Å². The Morgan fingerprint density at radius 2 is 1.83 bits per heavy atom.